The van der Waals surface area contributed by atoms with E-state index in [0.717, 1.165) is 23.6 Å². The molecule has 0 spiro atoms. The van der Waals surface area contributed by atoms with Gasteiger partial charge in [-0.15, -0.1) is 0 Å². The fourth-order valence-electron chi connectivity index (χ4n) is 1.37. The molecule has 0 aromatic heterocycles. The molecule has 1 heterocycles. The normalized spacial score (nSPS) is 15.3. The SMILES string of the molecule is CC[C@@H](C)Nc1ccc2c(c1)OCO2. The van der Waals surface area contributed by atoms with E-state index in [1.54, 1.807) is 0 Å². The molecule has 1 aliphatic rings. The van der Waals surface area contributed by atoms with Crippen LogP contribution in [-0.4, -0.2) is 12.8 Å². The van der Waals surface area contributed by atoms with Gasteiger partial charge in [0.15, 0.2) is 11.5 Å². The second-order valence-electron chi connectivity index (χ2n) is 3.52. The Hall–Kier alpha value is -1.38. The Bertz CT molecular complexity index is 325. The first-order valence-corrected chi connectivity index (χ1v) is 4.96. The highest BCUT2D eigenvalue weighted by Crippen LogP contribution is 2.34. The predicted molar refractivity (Wildman–Crippen MR) is 55.9 cm³/mol. The molecule has 1 aromatic carbocycles. The van der Waals surface area contributed by atoms with E-state index in [-0.39, 0.29) is 0 Å². The summed E-state index contributed by atoms with van der Waals surface area (Å²) in [5.74, 6) is 1.66. The summed E-state index contributed by atoms with van der Waals surface area (Å²) in [7, 11) is 0. The third-order valence-corrected chi connectivity index (χ3v) is 2.40. The maximum atomic E-state index is 5.29. The molecule has 0 saturated carbocycles. The number of benzene rings is 1. The smallest absolute Gasteiger partial charge is 0.231 e. The number of hydrogen-bond donors (Lipinski definition) is 1. The fourth-order valence-corrected chi connectivity index (χ4v) is 1.37. The Morgan fingerprint density at radius 3 is 2.93 bits per heavy atom. The van der Waals surface area contributed by atoms with Gasteiger partial charge in [0.1, 0.15) is 0 Å². The Labute approximate surface area is 84.0 Å². The van der Waals surface area contributed by atoms with Gasteiger partial charge in [-0.1, -0.05) is 6.92 Å². The van der Waals surface area contributed by atoms with Crippen LogP contribution in [0.2, 0.25) is 0 Å². The van der Waals surface area contributed by atoms with Crippen molar-refractivity contribution in [1.29, 1.82) is 0 Å². The van der Waals surface area contributed by atoms with Crippen LogP contribution in [0.1, 0.15) is 20.3 Å². The van der Waals surface area contributed by atoms with Crippen LogP contribution in [0.5, 0.6) is 11.5 Å². The van der Waals surface area contributed by atoms with E-state index in [2.05, 4.69) is 19.2 Å². The second kappa shape index (κ2) is 3.78. The minimum atomic E-state index is 0.335. The largest absolute Gasteiger partial charge is 0.454 e. The summed E-state index contributed by atoms with van der Waals surface area (Å²) in [6.07, 6.45) is 1.11. The molecule has 3 nitrogen and oxygen atoms in total. The molecule has 3 heteroatoms. The van der Waals surface area contributed by atoms with Gasteiger partial charge in [0, 0.05) is 17.8 Å². The molecule has 1 aromatic rings. The molecule has 0 bridgehead atoms. The Morgan fingerprint density at radius 2 is 2.14 bits per heavy atom. The second-order valence-corrected chi connectivity index (χ2v) is 3.52. The molecule has 0 radical (unpaired) electrons. The van der Waals surface area contributed by atoms with E-state index < -0.39 is 0 Å². The van der Waals surface area contributed by atoms with Gasteiger partial charge in [0.2, 0.25) is 6.79 Å². The molecular formula is C11H15NO2. The number of rotatable bonds is 3. The molecule has 14 heavy (non-hydrogen) atoms. The van der Waals surface area contributed by atoms with Gasteiger partial charge >= 0.3 is 0 Å². The third kappa shape index (κ3) is 1.76. The molecule has 0 unspecified atom stereocenters. The Kier molecular flexibility index (Phi) is 2.48. The molecule has 2 rings (SSSR count). The predicted octanol–water partition coefficient (Wildman–Crippen LogP) is 2.63. The molecule has 1 aliphatic heterocycles. The minimum absolute atomic E-state index is 0.335. The number of hydrogen-bond acceptors (Lipinski definition) is 3. The summed E-state index contributed by atoms with van der Waals surface area (Å²) in [4.78, 5) is 0. The molecule has 0 fully saturated rings. The molecular weight excluding hydrogens is 178 g/mol. The van der Waals surface area contributed by atoms with Crippen LogP contribution in [0.25, 0.3) is 0 Å². The van der Waals surface area contributed by atoms with Crippen LogP contribution in [0.3, 0.4) is 0 Å². The molecule has 0 saturated heterocycles. The number of ether oxygens (including phenoxy) is 2. The maximum Gasteiger partial charge on any atom is 0.231 e. The van der Waals surface area contributed by atoms with Crippen molar-refractivity contribution in [3.63, 3.8) is 0 Å². The van der Waals surface area contributed by atoms with Gasteiger partial charge in [0.25, 0.3) is 0 Å². The lowest BCUT2D eigenvalue weighted by Crippen LogP contribution is -2.12. The fraction of sp³-hybridized carbons (Fsp3) is 0.455. The summed E-state index contributed by atoms with van der Waals surface area (Å²) < 4.78 is 10.5. The topological polar surface area (TPSA) is 30.5 Å². The van der Waals surface area contributed by atoms with Gasteiger partial charge in [-0.05, 0) is 25.5 Å². The zero-order valence-electron chi connectivity index (χ0n) is 8.54. The zero-order valence-corrected chi connectivity index (χ0v) is 8.54. The Morgan fingerprint density at radius 1 is 1.36 bits per heavy atom. The van der Waals surface area contributed by atoms with Gasteiger partial charge in [-0.25, -0.2) is 0 Å². The van der Waals surface area contributed by atoms with Gasteiger partial charge in [-0.2, -0.15) is 0 Å². The highest BCUT2D eigenvalue weighted by molar-refractivity contribution is 5.55. The lowest BCUT2D eigenvalue weighted by atomic mass is 10.2. The van der Waals surface area contributed by atoms with Crippen LogP contribution >= 0.6 is 0 Å². The van der Waals surface area contributed by atoms with Crippen LogP contribution in [0, 0.1) is 0 Å². The molecule has 0 amide bonds. The summed E-state index contributed by atoms with van der Waals surface area (Å²) in [5.41, 5.74) is 1.09. The van der Waals surface area contributed by atoms with E-state index in [0.29, 0.717) is 12.8 Å². The monoisotopic (exact) mass is 193 g/mol. The Balaban J connectivity index is 2.12. The first-order chi connectivity index (χ1) is 6.79. The molecule has 1 N–H and O–H groups in total. The van der Waals surface area contributed by atoms with Crippen LogP contribution in [0.15, 0.2) is 18.2 Å². The average molecular weight is 193 g/mol. The molecule has 1 atom stereocenters. The van der Waals surface area contributed by atoms with E-state index in [9.17, 15) is 0 Å². The van der Waals surface area contributed by atoms with Crippen molar-refractivity contribution in [1.82, 2.24) is 0 Å². The summed E-state index contributed by atoms with van der Waals surface area (Å²) in [6.45, 7) is 4.65. The zero-order chi connectivity index (χ0) is 9.97. The summed E-state index contributed by atoms with van der Waals surface area (Å²) in [5, 5.41) is 3.39. The van der Waals surface area contributed by atoms with Gasteiger partial charge < -0.3 is 14.8 Å². The van der Waals surface area contributed by atoms with E-state index in [4.69, 9.17) is 9.47 Å². The number of anilines is 1. The lowest BCUT2D eigenvalue weighted by molar-refractivity contribution is 0.174. The van der Waals surface area contributed by atoms with Crippen molar-refractivity contribution < 1.29 is 9.47 Å². The maximum absolute atomic E-state index is 5.29. The van der Waals surface area contributed by atoms with Crippen LogP contribution < -0.4 is 14.8 Å². The first-order valence-electron chi connectivity index (χ1n) is 4.96. The third-order valence-electron chi connectivity index (χ3n) is 2.40. The van der Waals surface area contributed by atoms with E-state index in [1.807, 2.05) is 18.2 Å². The van der Waals surface area contributed by atoms with Crippen molar-refractivity contribution in [3.05, 3.63) is 18.2 Å². The first kappa shape index (κ1) is 9.19. The van der Waals surface area contributed by atoms with Crippen molar-refractivity contribution >= 4 is 5.69 Å². The standard InChI is InChI=1S/C11H15NO2/c1-3-8(2)12-9-4-5-10-11(6-9)14-7-13-10/h4-6,8,12H,3,7H2,1-2H3/t8-/m1/s1. The summed E-state index contributed by atoms with van der Waals surface area (Å²) >= 11 is 0. The molecule has 0 aliphatic carbocycles. The van der Waals surface area contributed by atoms with E-state index in [1.165, 1.54) is 0 Å². The number of fused-ring (bicyclic) bond motifs is 1. The van der Waals surface area contributed by atoms with Gasteiger partial charge in [0.05, 0.1) is 0 Å². The van der Waals surface area contributed by atoms with E-state index >= 15 is 0 Å². The average Bonchev–Trinajstić information content (AvgIpc) is 2.64. The quantitative estimate of drug-likeness (QED) is 0.800. The van der Waals surface area contributed by atoms with Crippen LogP contribution in [-0.2, 0) is 0 Å². The van der Waals surface area contributed by atoms with Gasteiger partial charge in [-0.3, -0.25) is 0 Å². The lowest BCUT2D eigenvalue weighted by Gasteiger charge is -2.12. The summed E-state index contributed by atoms with van der Waals surface area (Å²) in [6, 6.07) is 6.41. The van der Waals surface area contributed by atoms with Crippen LogP contribution in [0.4, 0.5) is 5.69 Å². The minimum Gasteiger partial charge on any atom is -0.454 e. The van der Waals surface area contributed by atoms with Crippen molar-refractivity contribution in [2.24, 2.45) is 0 Å². The highest BCUT2D eigenvalue weighted by Gasteiger charge is 2.13. The van der Waals surface area contributed by atoms with Crippen molar-refractivity contribution in [2.75, 3.05) is 12.1 Å². The van der Waals surface area contributed by atoms with Crippen molar-refractivity contribution in [3.8, 4) is 11.5 Å². The highest BCUT2D eigenvalue weighted by atomic mass is 16.7. The molecule has 76 valence electrons. The number of nitrogens with one attached hydrogen (secondary N) is 1. The van der Waals surface area contributed by atoms with Crippen molar-refractivity contribution in [2.45, 2.75) is 26.3 Å².